The molecule has 1 aromatic carbocycles. The summed E-state index contributed by atoms with van der Waals surface area (Å²) in [6.45, 7) is 2.75. The van der Waals surface area contributed by atoms with Crippen LogP contribution in [0.15, 0.2) is 42.9 Å². The van der Waals surface area contributed by atoms with E-state index in [0.717, 1.165) is 16.6 Å². The van der Waals surface area contributed by atoms with E-state index in [9.17, 15) is 4.79 Å². The first-order valence-electron chi connectivity index (χ1n) is 11.5. The van der Waals surface area contributed by atoms with E-state index in [0.29, 0.717) is 41.1 Å². The van der Waals surface area contributed by atoms with E-state index in [4.69, 9.17) is 5.73 Å². The predicted molar refractivity (Wildman–Crippen MR) is 143 cm³/mol. The fourth-order valence-electron chi connectivity index (χ4n) is 4.57. The zero-order chi connectivity index (χ0) is 24.9. The number of nitrogen functional groups attached to an aromatic ring is 1. The number of aromatic nitrogens is 4. The van der Waals surface area contributed by atoms with E-state index >= 15 is 4.39 Å². The maximum atomic E-state index is 15.1. The zero-order valence-electron chi connectivity index (χ0n) is 20.3. The summed E-state index contributed by atoms with van der Waals surface area (Å²) in [6.07, 6.45) is 5.58. The van der Waals surface area contributed by atoms with Crippen molar-refractivity contribution in [1.82, 2.24) is 24.6 Å². The Kier molecular flexibility index (Phi) is 5.54. The highest BCUT2D eigenvalue weighted by molar-refractivity contribution is 6.59. The molecule has 12 heteroatoms. The molecule has 0 aliphatic carbocycles. The Morgan fingerprint density at radius 1 is 1.14 bits per heavy atom. The van der Waals surface area contributed by atoms with Crippen LogP contribution in [0.2, 0.25) is 0 Å². The number of rotatable bonds is 4. The van der Waals surface area contributed by atoms with Gasteiger partial charge in [0.25, 0.3) is 0 Å². The lowest BCUT2D eigenvalue weighted by molar-refractivity contribution is -0.131. The number of benzene rings is 1. The van der Waals surface area contributed by atoms with Gasteiger partial charge in [-0.1, -0.05) is 0 Å². The summed E-state index contributed by atoms with van der Waals surface area (Å²) in [5, 5.41) is 8.86. The molecule has 3 aromatic heterocycles. The van der Waals surface area contributed by atoms with Gasteiger partial charge in [0.1, 0.15) is 35.9 Å². The van der Waals surface area contributed by atoms with E-state index in [1.54, 1.807) is 29.3 Å². The summed E-state index contributed by atoms with van der Waals surface area (Å²) in [4.78, 5) is 23.2. The first-order chi connectivity index (χ1) is 16.6. The van der Waals surface area contributed by atoms with Gasteiger partial charge in [0, 0.05) is 59.8 Å². The van der Waals surface area contributed by atoms with Crippen molar-refractivity contribution in [1.29, 1.82) is 0 Å². The van der Waals surface area contributed by atoms with Crippen molar-refractivity contribution < 1.29 is 9.18 Å². The van der Waals surface area contributed by atoms with Crippen LogP contribution in [-0.2, 0) is 17.8 Å². The number of amides is 1. The van der Waals surface area contributed by atoms with Crippen LogP contribution in [0, 0.1) is 12.7 Å². The smallest absolute Gasteiger partial charge is 0.242 e. The van der Waals surface area contributed by atoms with Crippen molar-refractivity contribution in [3.8, 4) is 11.1 Å². The van der Waals surface area contributed by atoms with Crippen LogP contribution >= 0.6 is 0 Å². The number of nitrogens with one attached hydrogen (secondary N) is 1. The number of carbonyl (C=O) groups excluding carboxylic acids is 1. The topological polar surface area (TPSA) is 102 Å². The summed E-state index contributed by atoms with van der Waals surface area (Å²) < 4.78 is 16.8. The molecule has 0 unspecified atom stereocenters. The van der Waals surface area contributed by atoms with Crippen molar-refractivity contribution in [2.24, 2.45) is 0 Å². The predicted octanol–water partition coefficient (Wildman–Crippen LogP) is 0.162. The van der Waals surface area contributed by atoms with Crippen LogP contribution in [0.5, 0.6) is 0 Å². The van der Waals surface area contributed by atoms with E-state index < -0.39 is 5.82 Å². The summed E-state index contributed by atoms with van der Waals surface area (Å²) in [6, 6.07) is 7.36. The van der Waals surface area contributed by atoms with E-state index in [1.807, 2.05) is 53.6 Å². The second-order valence-corrected chi connectivity index (χ2v) is 9.90. The van der Waals surface area contributed by atoms with Crippen LogP contribution in [0.4, 0.5) is 21.7 Å². The molecule has 0 bridgehead atoms. The number of nitrogens with two attached hydrogens (primary N) is 1. The molecular formula is C23H25B3FN7O. The van der Waals surface area contributed by atoms with Crippen LogP contribution in [0.1, 0.15) is 11.3 Å². The Morgan fingerprint density at radius 2 is 1.94 bits per heavy atom. The van der Waals surface area contributed by atoms with Crippen LogP contribution in [0.25, 0.3) is 21.9 Å². The normalized spacial score (nSPS) is 14.1. The molecule has 1 aliphatic rings. The molecule has 5 rings (SSSR count). The SMILES string of the molecule is BC(B)(B)N1CCc2cc(Nc3cc4cc(-c5cnccc5C)c(F)c(N)c4cn3)nn2CC1=O. The first-order valence-corrected chi connectivity index (χ1v) is 11.5. The molecule has 0 fully saturated rings. The lowest BCUT2D eigenvalue weighted by Crippen LogP contribution is -2.54. The van der Waals surface area contributed by atoms with Crippen molar-refractivity contribution in [2.45, 2.75) is 25.1 Å². The first kappa shape index (κ1) is 23.0. The molecular weight excluding hydrogens is 442 g/mol. The van der Waals surface area contributed by atoms with Gasteiger partial charge in [-0.2, -0.15) is 5.10 Å². The summed E-state index contributed by atoms with van der Waals surface area (Å²) in [7, 11) is 6.12. The summed E-state index contributed by atoms with van der Waals surface area (Å²) >= 11 is 0. The van der Waals surface area contributed by atoms with E-state index in [-0.39, 0.29) is 23.4 Å². The van der Waals surface area contributed by atoms with Gasteiger partial charge in [0.15, 0.2) is 11.6 Å². The minimum Gasteiger partial charge on any atom is -0.396 e. The molecule has 1 aliphatic heterocycles. The molecule has 4 heterocycles. The number of fused-ring (bicyclic) bond motifs is 2. The van der Waals surface area contributed by atoms with Crippen LogP contribution in [0.3, 0.4) is 0 Å². The van der Waals surface area contributed by atoms with E-state index in [2.05, 4.69) is 20.4 Å². The largest absolute Gasteiger partial charge is 0.396 e. The third-order valence-corrected chi connectivity index (χ3v) is 6.43. The number of hydrogen-bond acceptors (Lipinski definition) is 6. The fourth-order valence-corrected chi connectivity index (χ4v) is 4.57. The average molecular weight is 467 g/mol. The molecule has 1 amide bonds. The number of halogens is 1. The molecule has 3 N–H and O–H groups in total. The number of anilines is 3. The molecule has 0 saturated heterocycles. The Morgan fingerprint density at radius 3 is 2.69 bits per heavy atom. The van der Waals surface area contributed by atoms with Crippen molar-refractivity contribution in [3.05, 3.63) is 59.9 Å². The second-order valence-electron chi connectivity index (χ2n) is 9.90. The van der Waals surface area contributed by atoms with Crippen molar-refractivity contribution in [3.63, 3.8) is 0 Å². The lowest BCUT2D eigenvalue weighted by Gasteiger charge is -2.35. The number of nitrogens with zero attached hydrogens (tertiary/aromatic N) is 5. The van der Waals surface area contributed by atoms with Gasteiger partial charge >= 0.3 is 0 Å². The molecule has 8 nitrogen and oxygen atoms in total. The maximum Gasteiger partial charge on any atom is 0.242 e. The maximum absolute atomic E-state index is 15.1. The quantitative estimate of drug-likeness (QED) is 0.328. The fraction of sp³-hybridized carbons (Fsp3) is 0.217. The zero-order valence-corrected chi connectivity index (χ0v) is 20.3. The van der Waals surface area contributed by atoms with Crippen molar-refractivity contribution in [2.75, 3.05) is 17.6 Å². The Bertz CT molecular complexity index is 1470. The summed E-state index contributed by atoms with van der Waals surface area (Å²) in [5.41, 5.74) is 9.16. The van der Waals surface area contributed by atoms with Crippen molar-refractivity contribution >= 4 is 57.5 Å². The highest BCUT2D eigenvalue weighted by Gasteiger charge is 2.29. The van der Waals surface area contributed by atoms with Crippen LogP contribution in [-0.4, -0.2) is 65.9 Å². The summed E-state index contributed by atoms with van der Waals surface area (Å²) in [5.74, 6) is 0.712. The van der Waals surface area contributed by atoms with Gasteiger partial charge in [-0.25, -0.2) is 9.37 Å². The molecule has 174 valence electrons. The standard InChI is InChI=1S/C23H25B3FN7O/c1-12-2-4-29-9-16(12)15-6-13-7-18(30-10-17(13)22(28)21(15)27)31-19-8-14-3-5-33(23(24,25)26)20(35)11-34(14)32-19/h2,4,6-10H,3,5,11,24-26,28H2,1H3,(H,30,31,32). The Balaban J connectivity index is 1.45. The molecule has 35 heavy (non-hydrogen) atoms. The van der Waals surface area contributed by atoms with Crippen LogP contribution < -0.4 is 11.1 Å². The molecule has 4 aromatic rings. The Labute approximate surface area is 205 Å². The number of carbonyl (C=O) groups is 1. The average Bonchev–Trinajstić information content (AvgIpc) is 3.08. The van der Waals surface area contributed by atoms with E-state index in [1.165, 1.54) is 0 Å². The highest BCUT2D eigenvalue weighted by Crippen LogP contribution is 2.35. The number of pyridine rings is 2. The molecule has 0 spiro atoms. The molecule has 0 radical (unpaired) electrons. The monoisotopic (exact) mass is 467 g/mol. The van der Waals surface area contributed by atoms with Gasteiger partial charge in [0.2, 0.25) is 5.91 Å². The van der Waals surface area contributed by atoms with Gasteiger partial charge < -0.3 is 16.0 Å². The minimum absolute atomic E-state index is 0.0467. The number of hydrogen-bond donors (Lipinski definition) is 2. The van der Waals surface area contributed by atoms with Gasteiger partial charge in [-0.05, 0) is 41.3 Å². The molecule has 0 atom stereocenters. The van der Waals surface area contributed by atoms with Gasteiger partial charge in [-0.15, -0.1) is 0 Å². The molecule has 0 saturated carbocycles. The third-order valence-electron chi connectivity index (χ3n) is 6.43. The third kappa shape index (κ3) is 4.24. The van der Waals surface area contributed by atoms with Gasteiger partial charge in [0.05, 0.1) is 5.69 Å². The second kappa shape index (κ2) is 8.44. The highest BCUT2D eigenvalue weighted by atomic mass is 19.1. The minimum atomic E-state index is -0.483. The Hall–Kier alpha value is -3.82. The number of aryl methyl sites for hydroxylation is 1. The van der Waals surface area contributed by atoms with Gasteiger partial charge in [-0.3, -0.25) is 14.5 Å². The lowest BCUT2D eigenvalue weighted by atomic mass is 9.48.